The van der Waals surface area contributed by atoms with Crippen LogP contribution in [0.25, 0.3) is 4.96 Å². The SMILES string of the molecule is Cc1cccc([C@@H](c2sc3nc(C)nn3c2O)N2CCC(Cc3ccccc3)CC2)c1. The van der Waals surface area contributed by atoms with Crippen molar-refractivity contribution in [1.82, 2.24) is 19.5 Å². The fourth-order valence-corrected chi connectivity index (χ4v) is 5.92. The van der Waals surface area contributed by atoms with Gasteiger partial charge in [0.05, 0.1) is 10.9 Å². The molecule has 1 saturated heterocycles. The standard InChI is InChI=1S/C25H28N4OS/c1-17-7-6-10-21(15-17)22(23-24(30)29-25(31-23)26-18(2)27-29)28-13-11-20(12-14-28)16-19-8-4-3-5-9-19/h3-10,15,20,22,30H,11-14,16H2,1-2H3/t22-/m0/s1. The van der Waals surface area contributed by atoms with Gasteiger partial charge in [-0.2, -0.15) is 4.52 Å². The van der Waals surface area contributed by atoms with Crippen molar-refractivity contribution in [3.63, 3.8) is 0 Å². The first-order valence-electron chi connectivity index (χ1n) is 11.0. The summed E-state index contributed by atoms with van der Waals surface area (Å²) in [4.78, 5) is 8.69. The van der Waals surface area contributed by atoms with Crippen LogP contribution >= 0.6 is 11.3 Å². The summed E-state index contributed by atoms with van der Waals surface area (Å²) in [5.41, 5.74) is 3.88. The molecule has 5 rings (SSSR count). The molecule has 0 amide bonds. The van der Waals surface area contributed by atoms with E-state index in [1.165, 1.54) is 16.7 Å². The molecule has 0 radical (unpaired) electrons. The molecule has 1 aliphatic rings. The average molecular weight is 433 g/mol. The molecule has 0 spiro atoms. The van der Waals surface area contributed by atoms with Crippen molar-refractivity contribution < 1.29 is 5.11 Å². The number of aromatic hydroxyl groups is 1. The second kappa shape index (κ2) is 8.44. The zero-order valence-corrected chi connectivity index (χ0v) is 18.8. The lowest BCUT2D eigenvalue weighted by atomic mass is 9.88. The lowest BCUT2D eigenvalue weighted by Crippen LogP contribution is -2.37. The van der Waals surface area contributed by atoms with Crippen LogP contribution in [-0.2, 0) is 6.42 Å². The van der Waals surface area contributed by atoms with Crippen LogP contribution in [0.3, 0.4) is 0 Å². The van der Waals surface area contributed by atoms with Crippen LogP contribution < -0.4 is 0 Å². The van der Waals surface area contributed by atoms with Crippen molar-refractivity contribution in [2.45, 2.75) is 39.2 Å². The first kappa shape index (κ1) is 20.2. The summed E-state index contributed by atoms with van der Waals surface area (Å²) >= 11 is 1.55. The summed E-state index contributed by atoms with van der Waals surface area (Å²) in [7, 11) is 0. The van der Waals surface area contributed by atoms with Crippen LogP contribution in [0.2, 0.25) is 0 Å². The Balaban J connectivity index is 1.43. The highest BCUT2D eigenvalue weighted by atomic mass is 32.1. The number of aromatic nitrogens is 3. The topological polar surface area (TPSA) is 53.7 Å². The van der Waals surface area contributed by atoms with Gasteiger partial charge in [-0.25, -0.2) is 4.98 Å². The molecule has 0 saturated carbocycles. The van der Waals surface area contributed by atoms with Gasteiger partial charge in [0.25, 0.3) is 0 Å². The molecule has 160 valence electrons. The smallest absolute Gasteiger partial charge is 0.230 e. The van der Waals surface area contributed by atoms with Crippen molar-refractivity contribution in [2.24, 2.45) is 5.92 Å². The van der Waals surface area contributed by atoms with Crippen LogP contribution in [0.15, 0.2) is 54.6 Å². The summed E-state index contributed by atoms with van der Waals surface area (Å²) < 4.78 is 1.58. The Hall–Kier alpha value is -2.70. The second-order valence-corrected chi connectivity index (χ2v) is 9.64. The summed E-state index contributed by atoms with van der Waals surface area (Å²) in [5, 5.41) is 15.4. The van der Waals surface area contributed by atoms with Crippen molar-refractivity contribution in [3.05, 3.63) is 82.0 Å². The van der Waals surface area contributed by atoms with Crippen LogP contribution in [-0.4, -0.2) is 37.7 Å². The largest absolute Gasteiger partial charge is 0.492 e. The van der Waals surface area contributed by atoms with Crippen LogP contribution in [0.1, 0.15) is 46.3 Å². The molecular weight excluding hydrogens is 404 g/mol. The minimum absolute atomic E-state index is 0.0198. The van der Waals surface area contributed by atoms with E-state index in [-0.39, 0.29) is 11.9 Å². The molecule has 2 aromatic carbocycles. The molecule has 31 heavy (non-hydrogen) atoms. The third-order valence-electron chi connectivity index (χ3n) is 6.29. The highest BCUT2D eigenvalue weighted by Crippen LogP contribution is 2.41. The Morgan fingerprint density at radius 1 is 1.06 bits per heavy atom. The lowest BCUT2D eigenvalue weighted by molar-refractivity contribution is 0.150. The number of likely N-dealkylation sites (tertiary alicyclic amines) is 1. The Labute approximate surface area is 187 Å². The molecule has 1 fully saturated rings. The van der Waals surface area contributed by atoms with Gasteiger partial charge in [0.2, 0.25) is 10.8 Å². The van der Waals surface area contributed by atoms with E-state index in [1.807, 2.05) is 6.92 Å². The molecule has 0 aliphatic carbocycles. The number of hydrogen-bond acceptors (Lipinski definition) is 5. The van der Waals surface area contributed by atoms with Crippen LogP contribution in [0.5, 0.6) is 5.88 Å². The maximum absolute atomic E-state index is 11.0. The van der Waals surface area contributed by atoms with Gasteiger partial charge in [-0.3, -0.25) is 4.90 Å². The summed E-state index contributed by atoms with van der Waals surface area (Å²) in [6.07, 6.45) is 3.47. The van der Waals surface area contributed by atoms with Gasteiger partial charge in [-0.1, -0.05) is 71.5 Å². The van der Waals surface area contributed by atoms with E-state index in [4.69, 9.17) is 0 Å². The minimum atomic E-state index is 0.0198. The van der Waals surface area contributed by atoms with Crippen LogP contribution in [0, 0.1) is 19.8 Å². The molecule has 4 aromatic rings. The summed E-state index contributed by atoms with van der Waals surface area (Å²) in [6, 6.07) is 19.5. The third-order valence-corrected chi connectivity index (χ3v) is 7.37. The monoisotopic (exact) mass is 432 g/mol. The van der Waals surface area contributed by atoms with Gasteiger partial charge in [-0.05, 0) is 63.2 Å². The maximum Gasteiger partial charge on any atom is 0.230 e. The van der Waals surface area contributed by atoms with Gasteiger partial charge in [0.15, 0.2) is 0 Å². The van der Waals surface area contributed by atoms with E-state index in [0.717, 1.165) is 42.2 Å². The molecule has 3 heterocycles. The second-order valence-electron chi connectivity index (χ2n) is 8.63. The lowest BCUT2D eigenvalue weighted by Gasteiger charge is -2.37. The Morgan fingerprint density at radius 2 is 1.84 bits per heavy atom. The molecule has 6 heteroatoms. The highest BCUT2D eigenvalue weighted by Gasteiger charge is 2.32. The fourth-order valence-electron chi connectivity index (χ4n) is 4.76. The third kappa shape index (κ3) is 4.10. The Morgan fingerprint density at radius 3 is 2.55 bits per heavy atom. The Bertz CT molecular complexity index is 1170. The quantitative estimate of drug-likeness (QED) is 0.473. The number of thiazole rings is 1. The van der Waals surface area contributed by atoms with Crippen molar-refractivity contribution >= 4 is 16.3 Å². The molecule has 5 nitrogen and oxygen atoms in total. The number of rotatable bonds is 5. The van der Waals surface area contributed by atoms with E-state index < -0.39 is 0 Å². The number of aryl methyl sites for hydroxylation is 2. The molecular formula is C25H28N4OS. The van der Waals surface area contributed by atoms with Crippen molar-refractivity contribution in [2.75, 3.05) is 13.1 Å². The maximum atomic E-state index is 11.0. The predicted molar refractivity (Wildman–Crippen MR) is 125 cm³/mol. The first-order chi connectivity index (χ1) is 15.1. The fraction of sp³-hybridized carbons (Fsp3) is 0.360. The number of benzene rings is 2. The Kier molecular flexibility index (Phi) is 5.50. The van der Waals surface area contributed by atoms with Gasteiger partial charge >= 0.3 is 0 Å². The molecule has 1 N–H and O–H groups in total. The highest BCUT2D eigenvalue weighted by molar-refractivity contribution is 7.17. The van der Waals surface area contributed by atoms with Crippen molar-refractivity contribution in [3.8, 4) is 5.88 Å². The average Bonchev–Trinajstić information content (AvgIpc) is 3.27. The van der Waals surface area contributed by atoms with Crippen LogP contribution in [0.4, 0.5) is 0 Å². The van der Waals surface area contributed by atoms with E-state index in [0.29, 0.717) is 11.7 Å². The van der Waals surface area contributed by atoms with Gasteiger partial charge < -0.3 is 5.11 Å². The minimum Gasteiger partial charge on any atom is -0.492 e. The first-order valence-corrected chi connectivity index (χ1v) is 11.8. The van der Waals surface area contributed by atoms with E-state index in [1.54, 1.807) is 15.9 Å². The van der Waals surface area contributed by atoms with E-state index in [9.17, 15) is 5.11 Å². The number of fused-ring (bicyclic) bond motifs is 1. The molecule has 1 atom stereocenters. The van der Waals surface area contributed by atoms with Gasteiger partial charge in [-0.15, -0.1) is 5.10 Å². The number of hydrogen-bond donors (Lipinski definition) is 1. The molecule has 1 aliphatic heterocycles. The normalized spacial score (nSPS) is 16.7. The van der Waals surface area contributed by atoms with E-state index >= 15 is 0 Å². The van der Waals surface area contributed by atoms with E-state index in [2.05, 4.69) is 76.5 Å². The molecule has 0 bridgehead atoms. The number of nitrogens with zero attached hydrogens (tertiary/aromatic N) is 4. The van der Waals surface area contributed by atoms with Crippen molar-refractivity contribution in [1.29, 1.82) is 0 Å². The number of piperidine rings is 1. The molecule has 2 aromatic heterocycles. The van der Waals surface area contributed by atoms with Gasteiger partial charge in [0.1, 0.15) is 5.82 Å². The zero-order valence-electron chi connectivity index (χ0n) is 18.0. The summed E-state index contributed by atoms with van der Waals surface area (Å²) in [6.45, 7) is 6.01. The predicted octanol–water partition coefficient (Wildman–Crippen LogP) is 5.16. The zero-order chi connectivity index (χ0) is 21.4. The van der Waals surface area contributed by atoms with Gasteiger partial charge in [0, 0.05) is 0 Å². The molecule has 0 unspecified atom stereocenters. The summed E-state index contributed by atoms with van der Waals surface area (Å²) in [5.74, 6) is 1.61.